The molecule has 0 aromatic rings. The van der Waals surface area contributed by atoms with E-state index in [-0.39, 0.29) is 0 Å². The van der Waals surface area contributed by atoms with E-state index in [9.17, 15) is 0 Å². The largest absolute Gasteiger partial charge is 0.302 e. The molecule has 0 radical (unpaired) electrons. The van der Waals surface area contributed by atoms with Gasteiger partial charge in [0.1, 0.15) is 0 Å². The van der Waals surface area contributed by atoms with E-state index in [1.165, 1.54) is 206 Å². The van der Waals surface area contributed by atoms with Gasteiger partial charge in [-0.2, -0.15) is 0 Å². The zero-order valence-corrected chi connectivity index (χ0v) is 26.7. The number of unbranched alkanes of at least 4 members (excludes halogenated alkanes) is 21. The summed E-state index contributed by atoms with van der Waals surface area (Å²) < 4.78 is 0. The van der Waals surface area contributed by atoms with Gasteiger partial charge in [0.15, 0.2) is 0 Å². The molecule has 38 heavy (non-hydrogen) atoms. The molecule has 2 nitrogen and oxygen atoms in total. The zero-order chi connectivity index (χ0) is 27.2. The van der Waals surface area contributed by atoms with Crippen LogP contribution in [0.3, 0.4) is 0 Å². The number of hydrogen-bond donors (Lipinski definition) is 0. The fourth-order valence-corrected chi connectivity index (χ4v) is 6.03. The molecule has 0 amide bonds. The summed E-state index contributed by atoms with van der Waals surface area (Å²) in [4.78, 5) is 5.52. The Morgan fingerprint density at radius 3 is 1.24 bits per heavy atom. The van der Waals surface area contributed by atoms with Crippen molar-refractivity contribution in [1.29, 1.82) is 0 Å². The average molecular weight is 533 g/mol. The van der Waals surface area contributed by atoms with Crippen LogP contribution in [0.1, 0.15) is 181 Å². The minimum atomic E-state index is 1.31. The quantitative estimate of drug-likeness (QED) is 0.0670. The summed E-state index contributed by atoms with van der Waals surface area (Å²) in [6.07, 6.45) is 41.9. The summed E-state index contributed by atoms with van der Waals surface area (Å²) >= 11 is 0. The Labute approximate surface area is 241 Å². The Hall–Kier alpha value is -0.340. The summed E-state index contributed by atoms with van der Waals surface area (Å²) in [6.45, 7) is 12.6. The van der Waals surface area contributed by atoms with Gasteiger partial charge in [0.05, 0.1) is 0 Å². The fourth-order valence-electron chi connectivity index (χ4n) is 6.03. The molecular weight excluding hydrogens is 460 g/mol. The van der Waals surface area contributed by atoms with Crippen molar-refractivity contribution >= 4 is 0 Å². The highest BCUT2D eigenvalue weighted by atomic mass is 15.2. The Bertz CT molecular complexity index is 468. The van der Waals surface area contributed by atoms with Gasteiger partial charge < -0.3 is 9.80 Å². The van der Waals surface area contributed by atoms with E-state index >= 15 is 0 Å². The Morgan fingerprint density at radius 1 is 0.447 bits per heavy atom. The maximum absolute atomic E-state index is 2.81. The first kappa shape index (κ1) is 35.7. The van der Waals surface area contributed by atoms with Crippen LogP contribution < -0.4 is 0 Å². The number of nitrogens with zero attached hydrogens (tertiary/aromatic N) is 2. The number of allylic oxidation sites excluding steroid dienone is 2. The van der Waals surface area contributed by atoms with Crippen LogP contribution in [0.25, 0.3) is 0 Å². The highest BCUT2D eigenvalue weighted by Gasteiger charge is 2.13. The molecule has 2 heteroatoms. The Kier molecular flexibility index (Phi) is 27.8. The van der Waals surface area contributed by atoms with E-state index in [0.717, 1.165) is 0 Å². The number of likely N-dealkylation sites (tertiary alicyclic amines) is 1. The van der Waals surface area contributed by atoms with Crippen molar-refractivity contribution in [3.63, 3.8) is 0 Å². The molecule has 0 bridgehead atoms. The first-order valence-electron chi connectivity index (χ1n) is 18.0. The summed E-state index contributed by atoms with van der Waals surface area (Å²) in [7, 11) is 0. The first-order chi connectivity index (χ1) is 18.9. The summed E-state index contributed by atoms with van der Waals surface area (Å²) in [5, 5.41) is 0. The highest BCUT2D eigenvalue weighted by Crippen LogP contribution is 2.13. The summed E-state index contributed by atoms with van der Waals surface area (Å²) in [5.41, 5.74) is 0. The highest BCUT2D eigenvalue weighted by molar-refractivity contribution is 4.81. The van der Waals surface area contributed by atoms with E-state index in [4.69, 9.17) is 0 Å². The maximum atomic E-state index is 2.81. The van der Waals surface area contributed by atoms with Gasteiger partial charge in [0.2, 0.25) is 0 Å². The second-order valence-corrected chi connectivity index (χ2v) is 12.5. The smallest absolute Gasteiger partial charge is 0.0109 e. The minimum Gasteiger partial charge on any atom is -0.302 e. The zero-order valence-electron chi connectivity index (χ0n) is 26.7. The minimum absolute atomic E-state index is 1.31. The molecule has 0 aliphatic carbocycles. The van der Waals surface area contributed by atoms with Gasteiger partial charge in [-0.15, -0.1) is 0 Å². The van der Waals surface area contributed by atoms with Gasteiger partial charge in [-0.3, -0.25) is 0 Å². The molecule has 0 aromatic heterocycles. The van der Waals surface area contributed by atoms with Gasteiger partial charge >= 0.3 is 0 Å². The van der Waals surface area contributed by atoms with E-state index in [1.807, 2.05) is 0 Å². The van der Waals surface area contributed by atoms with E-state index in [0.29, 0.717) is 0 Å². The third kappa shape index (κ3) is 24.7. The maximum Gasteiger partial charge on any atom is 0.0109 e. The van der Waals surface area contributed by atoms with Gasteiger partial charge in [-0.25, -0.2) is 0 Å². The molecule has 0 saturated carbocycles. The molecule has 0 unspecified atom stereocenters. The Morgan fingerprint density at radius 2 is 0.816 bits per heavy atom. The van der Waals surface area contributed by atoms with E-state index < -0.39 is 0 Å². The van der Waals surface area contributed by atoms with Crippen LogP contribution in [0.4, 0.5) is 0 Å². The molecule has 1 fully saturated rings. The summed E-state index contributed by atoms with van der Waals surface area (Å²) in [6, 6.07) is 0. The van der Waals surface area contributed by atoms with Crippen LogP contribution in [0, 0.1) is 0 Å². The topological polar surface area (TPSA) is 6.48 Å². The molecule has 0 spiro atoms. The van der Waals surface area contributed by atoms with Crippen molar-refractivity contribution < 1.29 is 0 Å². The molecule has 0 atom stereocenters. The number of hydrogen-bond acceptors (Lipinski definition) is 2. The van der Waals surface area contributed by atoms with Crippen LogP contribution >= 0.6 is 0 Å². The van der Waals surface area contributed by atoms with E-state index in [1.54, 1.807) is 0 Å². The van der Waals surface area contributed by atoms with Crippen molar-refractivity contribution in [3.05, 3.63) is 12.2 Å². The van der Waals surface area contributed by atoms with Crippen LogP contribution in [0.2, 0.25) is 0 Å². The van der Waals surface area contributed by atoms with Crippen molar-refractivity contribution in [2.45, 2.75) is 181 Å². The summed E-state index contributed by atoms with van der Waals surface area (Å²) in [5.74, 6) is 0. The van der Waals surface area contributed by atoms with Crippen molar-refractivity contribution in [3.8, 4) is 0 Å². The van der Waals surface area contributed by atoms with Crippen LogP contribution in [-0.2, 0) is 0 Å². The fraction of sp³-hybridized carbons (Fsp3) is 0.944. The predicted octanol–water partition coefficient (Wildman–Crippen LogP) is 11.3. The van der Waals surface area contributed by atoms with Crippen molar-refractivity contribution in [1.82, 2.24) is 9.80 Å². The number of rotatable bonds is 30. The normalized spacial score (nSPS) is 14.5. The molecule has 1 rings (SSSR count). The SMILES string of the molecule is CCCCCCCC/C=C\CCCCCCCCCCN(CCCCCCCCCC)CCN1CCCC1. The molecule has 1 saturated heterocycles. The molecule has 0 N–H and O–H groups in total. The van der Waals surface area contributed by atoms with Gasteiger partial charge in [-0.1, -0.05) is 142 Å². The molecule has 1 heterocycles. The monoisotopic (exact) mass is 533 g/mol. The third-order valence-corrected chi connectivity index (χ3v) is 8.75. The lowest BCUT2D eigenvalue weighted by Crippen LogP contribution is -2.35. The standard InChI is InChI=1S/C36H72N2/c1-3-5-7-9-11-13-14-15-16-17-18-19-20-21-22-24-26-28-32-37(35-36-38-33-29-30-34-38)31-27-25-23-12-10-8-6-4-2/h15-16H,3-14,17-36H2,1-2H3/b16-15-. The van der Waals surface area contributed by atoms with E-state index in [2.05, 4.69) is 35.8 Å². The molecule has 226 valence electrons. The molecule has 1 aliphatic rings. The van der Waals surface area contributed by atoms with Crippen LogP contribution in [0.5, 0.6) is 0 Å². The van der Waals surface area contributed by atoms with Crippen LogP contribution in [-0.4, -0.2) is 49.1 Å². The van der Waals surface area contributed by atoms with Gasteiger partial charge in [-0.05, 0) is 77.5 Å². The molecule has 1 aliphatic heterocycles. The average Bonchev–Trinajstić information content (AvgIpc) is 3.46. The van der Waals surface area contributed by atoms with Crippen molar-refractivity contribution in [2.75, 3.05) is 39.3 Å². The van der Waals surface area contributed by atoms with Crippen LogP contribution in [0.15, 0.2) is 12.2 Å². The first-order valence-corrected chi connectivity index (χ1v) is 18.0. The lowest BCUT2D eigenvalue weighted by atomic mass is 10.1. The lowest BCUT2D eigenvalue weighted by Gasteiger charge is -2.25. The second-order valence-electron chi connectivity index (χ2n) is 12.5. The third-order valence-electron chi connectivity index (χ3n) is 8.75. The molecule has 0 aromatic carbocycles. The molecular formula is C36H72N2. The van der Waals surface area contributed by atoms with Gasteiger partial charge in [0, 0.05) is 13.1 Å². The lowest BCUT2D eigenvalue weighted by molar-refractivity contribution is 0.217. The van der Waals surface area contributed by atoms with Crippen molar-refractivity contribution in [2.24, 2.45) is 0 Å². The van der Waals surface area contributed by atoms with Gasteiger partial charge in [0.25, 0.3) is 0 Å². The predicted molar refractivity (Wildman–Crippen MR) is 173 cm³/mol. The second kappa shape index (κ2) is 29.6. The Balaban J connectivity index is 1.95.